The van der Waals surface area contributed by atoms with E-state index in [0.717, 1.165) is 44.3 Å². The third-order valence-electron chi connectivity index (χ3n) is 8.72. The number of carbonyl (C=O) groups is 1. The third kappa shape index (κ3) is 7.15. The largest absolute Gasteiger partial charge is 0.573 e. The molecule has 3 aliphatic heterocycles. The number of benzene rings is 1. The van der Waals surface area contributed by atoms with E-state index >= 15 is 0 Å². The Labute approximate surface area is 249 Å². The highest BCUT2D eigenvalue weighted by molar-refractivity contribution is 7.88. The van der Waals surface area contributed by atoms with E-state index in [2.05, 4.69) is 19.6 Å². The van der Waals surface area contributed by atoms with Gasteiger partial charge in [0, 0.05) is 45.3 Å². The van der Waals surface area contributed by atoms with Crippen LogP contribution in [-0.4, -0.2) is 110 Å². The lowest BCUT2D eigenvalue weighted by Crippen LogP contribution is -2.52. The molecule has 0 radical (unpaired) electrons. The van der Waals surface area contributed by atoms with Crippen molar-refractivity contribution in [3.8, 4) is 11.5 Å². The Kier molecular flexibility index (Phi) is 9.05. The predicted molar refractivity (Wildman–Crippen MR) is 153 cm³/mol. The van der Waals surface area contributed by atoms with Crippen LogP contribution in [0, 0.1) is 0 Å². The summed E-state index contributed by atoms with van der Waals surface area (Å²) >= 11 is 0. The molecule has 0 unspecified atom stereocenters. The van der Waals surface area contributed by atoms with Gasteiger partial charge in [0.25, 0.3) is 5.91 Å². The van der Waals surface area contributed by atoms with Gasteiger partial charge in [-0.25, -0.2) is 22.7 Å². The lowest BCUT2D eigenvalue weighted by atomic mass is 9.97. The van der Waals surface area contributed by atoms with Gasteiger partial charge in [-0.1, -0.05) is 6.07 Å². The van der Waals surface area contributed by atoms with Crippen LogP contribution in [0.3, 0.4) is 0 Å². The number of fused-ring (bicyclic) bond motifs is 1. The smallest absolute Gasteiger partial charge is 0.491 e. The topological polar surface area (TPSA) is 108 Å². The van der Waals surface area contributed by atoms with Gasteiger partial charge >= 0.3 is 6.36 Å². The Morgan fingerprint density at radius 3 is 2.35 bits per heavy atom. The highest BCUT2D eigenvalue weighted by Gasteiger charge is 2.35. The number of likely N-dealkylation sites (tertiary alicyclic amines) is 2. The van der Waals surface area contributed by atoms with Crippen LogP contribution in [0.1, 0.15) is 47.3 Å². The molecule has 0 bridgehead atoms. The first-order chi connectivity index (χ1) is 20.3. The third-order valence-corrected chi connectivity index (χ3v) is 10.1. The van der Waals surface area contributed by atoms with Gasteiger partial charge in [-0.05, 0) is 68.5 Å². The van der Waals surface area contributed by atoms with Gasteiger partial charge in [-0.15, -0.1) is 13.2 Å². The van der Waals surface area contributed by atoms with E-state index in [1.807, 2.05) is 4.90 Å². The number of amides is 1. The van der Waals surface area contributed by atoms with Gasteiger partial charge in [0.05, 0.1) is 13.4 Å². The molecule has 0 saturated carbocycles. The molecule has 0 spiro atoms. The van der Waals surface area contributed by atoms with E-state index in [-0.39, 0.29) is 35.7 Å². The molecule has 15 heteroatoms. The van der Waals surface area contributed by atoms with Gasteiger partial charge in [0.2, 0.25) is 10.0 Å². The summed E-state index contributed by atoms with van der Waals surface area (Å²) in [5.41, 5.74) is 1.75. The number of piperidine rings is 2. The molecular weight excluding hydrogens is 589 g/mol. The van der Waals surface area contributed by atoms with Crippen LogP contribution in [0.5, 0.6) is 11.5 Å². The highest BCUT2D eigenvalue weighted by Crippen LogP contribution is 2.35. The molecule has 1 amide bonds. The summed E-state index contributed by atoms with van der Waals surface area (Å²) in [4.78, 5) is 28.3. The summed E-state index contributed by atoms with van der Waals surface area (Å²) in [6, 6.07) is 4.66. The SMILES string of the molecule is COc1c(C(=O)N2CCC(N3CCC(N(C)S(C)(=O)=O)CC3)CC2)ncnc1N1CCc2ccc(OC(F)(F)F)cc2C1. The molecule has 236 valence electrons. The maximum atomic E-state index is 13.6. The summed E-state index contributed by atoms with van der Waals surface area (Å²) < 4.78 is 73.3. The second kappa shape index (κ2) is 12.4. The number of hydrogen-bond donors (Lipinski definition) is 0. The zero-order chi connectivity index (χ0) is 30.9. The second-order valence-electron chi connectivity index (χ2n) is 11.3. The Hall–Kier alpha value is -3.17. The molecule has 0 aliphatic carbocycles. The van der Waals surface area contributed by atoms with Gasteiger partial charge in [0.1, 0.15) is 12.1 Å². The lowest BCUT2D eigenvalue weighted by molar-refractivity contribution is -0.274. The minimum Gasteiger partial charge on any atom is -0.491 e. The molecule has 43 heavy (non-hydrogen) atoms. The zero-order valence-corrected chi connectivity index (χ0v) is 25.3. The van der Waals surface area contributed by atoms with E-state index in [1.54, 1.807) is 18.0 Å². The molecule has 2 fully saturated rings. The summed E-state index contributed by atoms with van der Waals surface area (Å²) in [6.07, 6.45) is 1.49. The Morgan fingerprint density at radius 2 is 1.72 bits per heavy atom. The minimum absolute atomic E-state index is 0.0102. The fourth-order valence-corrected chi connectivity index (χ4v) is 7.06. The van der Waals surface area contributed by atoms with Crippen molar-refractivity contribution in [2.75, 3.05) is 58.0 Å². The quantitative estimate of drug-likeness (QED) is 0.459. The number of aromatic nitrogens is 2. The van der Waals surface area contributed by atoms with Crippen molar-refractivity contribution in [2.24, 2.45) is 0 Å². The van der Waals surface area contributed by atoms with Crippen LogP contribution in [0.4, 0.5) is 19.0 Å². The Morgan fingerprint density at radius 1 is 1.02 bits per heavy atom. The van der Waals surface area contributed by atoms with E-state index in [1.165, 1.54) is 36.1 Å². The monoisotopic (exact) mass is 626 g/mol. The van der Waals surface area contributed by atoms with E-state index < -0.39 is 16.4 Å². The van der Waals surface area contributed by atoms with Crippen molar-refractivity contribution in [3.63, 3.8) is 0 Å². The standard InChI is InChI=1S/C28H37F3N6O5S/c1-34(43(3,39)40)21-7-12-35(13-8-21)22-9-14-36(15-10-22)27(38)24-25(41-2)26(33-18-32-24)37-11-6-19-4-5-23(16-20(19)17-37)42-28(29,30)31/h4-5,16,18,21-22H,6-15,17H2,1-3H3. The number of sulfonamides is 1. The molecule has 1 aromatic heterocycles. The summed E-state index contributed by atoms with van der Waals surface area (Å²) in [5.74, 6) is 0.0987. The normalized spacial score (nSPS) is 19.4. The maximum Gasteiger partial charge on any atom is 0.573 e. The van der Waals surface area contributed by atoms with Crippen molar-refractivity contribution in [2.45, 2.75) is 57.1 Å². The number of carbonyl (C=O) groups excluding carboxylic acids is 1. The second-order valence-corrected chi connectivity index (χ2v) is 13.3. The van der Waals surface area contributed by atoms with Crippen molar-refractivity contribution in [1.82, 2.24) is 24.1 Å². The number of nitrogens with zero attached hydrogens (tertiary/aromatic N) is 6. The zero-order valence-electron chi connectivity index (χ0n) is 24.5. The molecule has 3 aliphatic rings. The van der Waals surface area contributed by atoms with Gasteiger partial charge in [0.15, 0.2) is 17.3 Å². The first-order valence-corrected chi connectivity index (χ1v) is 16.2. The van der Waals surface area contributed by atoms with Crippen LogP contribution in [-0.2, 0) is 23.0 Å². The number of ether oxygens (including phenoxy) is 2. The number of rotatable bonds is 7. The fraction of sp³-hybridized carbons (Fsp3) is 0.607. The number of methoxy groups -OCH3 is 1. The first-order valence-electron chi connectivity index (χ1n) is 14.3. The highest BCUT2D eigenvalue weighted by atomic mass is 32.2. The van der Waals surface area contributed by atoms with Gasteiger partial charge in [-0.2, -0.15) is 0 Å². The molecule has 5 rings (SSSR count). The number of alkyl halides is 3. The minimum atomic E-state index is -4.78. The number of halogens is 3. The summed E-state index contributed by atoms with van der Waals surface area (Å²) in [6.45, 7) is 3.54. The molecule has 1 aromatic carbocycles. The fourth-order valence-electron chi connectivity index (χ4n) is 6.31. The molecule has 0 N–H and O–H groups in total. The number of anilines is 1. The molecule has 2 saturated heterocycles. The summed E-state index contributed by atoms with van der Waals surface area (Å²) in [5, 5.41) is 0. The van der Waals surface area contributed by atoms with Crippen molar-refractivity contribution >= 4 is 21.7 Å². The Balaban J connectivity index is 1.22. The van der Waals surface area contributed by atoms with Gasteiger partial charge in [-0.3, -0.25) is 4.79 Å². The average Bonchev–Trinajstić information content (AvgIpc) is 2.98. The Bertz CT molecular complexity index is 1430. The van der Waals surface area contributed by atoms with Crippen LogP contribution < -0.4 is 14.4 Å². The molecular formula is C28H37F3N6O5S. The predicted octanol–water partition coefficient (Wildman–Crippen LogP) is 2.91. The average molecular weight is 627 g/mol. The van der Waals surface area contributed by atoms with E-state index in [0.29, 0.717) is 43.5 Å². The summed E-state index contributed by atoms with van der Waals surface area (Å²) in [7, 11) is -0.134. The van der Waals surface area contributed by atoms with Crippen LogP contribution >= 0.6 is 0 Å². The lowest BCUT2D eigenvalue weighted by Gasteiger charge is -2.43. The van der Waals surface area contributed by atoms with Crippen molar-refractivity contribution in [3.05, 3.63) is 41.3 Å². The van der Waals surface area contributed by atoms with Crippen molar-refractivity contribution in [1.29, 1.82) is 0 Å². The van der Waals surface area contributed by atoms with Crippen LogP contribution in [0.25, 0.3) is 0 Å². The van der Waals surface area contributed by atoms with Crippen LogP contribution in [0.15, 0.2) is 24.5 Å². The van der Waals surface area contributed by atoms with E-state index in [4.69, 9.17) is 4.74 Å². The van der Waals surface area contributed by atoms with Crippen molar-refractivity contribution < 1.29 is 35.9 Å². The molecule has 0 atom stereocenters. The first kappa shape index (κ1) is 31.3. The van der Waals surface area contributed by atoms with Crippen LogP contribution in [0.2, 0.25) is 0 Å². The maximum absolute atomic E-state index is 13.6. The molecule has 4 heterocycles. The van der Waals surface area contributed by atoms with E-state index in [9.17, 15) is 26.4 Å². The molecule has 11 nitrogen and oxygen atoms in total. The molecule has 2 aromatic rings. The van der Waals surface area contributed by atoms with Gasteiger partial charge < -0.3 is 24.2 Å². The number of hydrogen-bond acceptors (Lipinski definition) is 9.